The van der Waals surface area contributed by atoms with Crippen LogP contribution in [0.15, 0.2) is 35.1 Å². The average molecular weight is 380 g/mol. The van der Waals surface area contributed by atoms with Crippen LogP contribution in [0.3, 0.4) is 0 Å². The number of fused-ring (bicyclic) bond motifs is 1. The number of rotatable bonds is 3. The third-order valence-electron chi connectivity index (χ3n) is 6.07. The Morgan fingerprint density at radius 3 is 2.82 bits per heavy atom. The Kier molecular flexibility index (Phi) is 5.31. The fourth-order valence-electron chi connectivity index (χ4n) is 4.33. The molecule has 28 heavy (non-hydrogen) atoms. The molecule has 0 unspecified atom stereocenters. The van der Waals surface area contributed by atoms with Gasteiger partial charge in [0.05, 0.1) is 17.2 Å². The first-order chi connectivity index (χ1) is 13.5. The molecule has 2 aliphatic rings. The van der Waals surface area contributed by atoms with Crippen LogP contribution < -0.4 is 5.56 Å². The summed E-state index contributed by atoms with van der Waals surface area (Å²) in [6.45, 7) is 4.94. The number of aromatic nitrogens is 2. The molecule has 2 atom stereocenters. The molecular weight excluding hydrogens is 352 g/mol. The third kappa shape index (κ3) is 3.74. The predicted octanol–water partition coefficient (Wildman–Crippen LogP) is 2.27. The number of carbonyl (C=O) groups excluding carboxylic acids is 1. The minimum atomic E-state index is -0.161. The van der Waals surface area contributed by atoms with E-state index in [0.717, 1.165) is 55.0 Å². The number of amides is 1. The maximum absolute atomic E-state index is 13.0. The van der Waals surface area contributed by atoms with Gasteiger partial charge in [-0.1, -0.05) is 30.3 Å². The van der Waals surface area contributed by atoms with E-state index in [1.807, 2.05) is 49.2 Å². The summed E-state index contributed by atoms with van der Waals surface area (Å²) in [5.74, 6) is 0.834. The topological polar surface area (TPSA) is 69.3 Å². The fourth-order valence-corrected chi connectivity index (χ4v) is 4.33. The van der Waals surface area contributed by atoms with Crippen LogP contribution >= 0.6 is 0 Å². The monoisotopic (exact) mass is 380 g/mol. The summed E-state index contributed by atoms with van der Waals surface area (Å²) in [7, 11) is 2.02. The quantitative estimate of drug-likeness (QED) is 0.887. The van der Waals surface area contributed by atoms with Crippen LogP contribution in [-0.4, -0.2) is 52.4 Å². The molecule has 0 aliphatic carbocycles. The first kappa shape index (κ1) is 18.9. The average Bonchev–Trinajstić information content (AvgIpc) is 2.74. The highest BCUT2D eigenvalue weighted by atomic mass is 16.2. The van der Waals surface area contributed by atoms with Gasteiger partial charge in [-0.15, -0.1) is 0 Å². The summed E-state index contributed by atoms with van der Waals surface area (Å²) in [4.78, 5) is 37.5. The molecule has 148 valence electrons. The van der Waals surface area contributed by atoms with Crippen molar-refractivity contribution in [3.63, 3.8) is 0 Å². The van der Waals surface area contributed by atoms with Gasteiger partial charge in [0.25, 0.3) is 5.56 Å². The van der Waals surface area contributed by atoms with Crippen molar-refractivity contribution >= 4 is 5.91 Å². The highest BCUT2D eigenvalue weighted by Crippen LogP contribution is 2.28. The Morgan fingerprint density at radius 1 is 1.25 bits per heavy atom. The molecule has 1 saturated heterocycles. The van der Waals surface area contributed by atoms with Gasteiger partial charge in [0.2, 0.25) is 5.91 Å². The molecule has 4 rings (SSSR count). The SMILES string of the molecule is C[C@H](C(=O)N1CCC[C@@H](c2nc3c(c(=O)[nH]2)CN(C)CC3)C1)c1ccccc1. The second kappa shape index (κ2) is 7.87. The molecule has 3 heterocycles. The number of hydrogen-bond donors (Lipinski definition) is 1. The Labute approximate surface area is 165 Å². The highest BCUT2D eigenvalue weighted by Gasteiger charge is 2.30. The van der Waals surface area contributed by atoms with Gasteiger partial charge in [-0.2, -0.15) is 0 Å². The van der Waals surface area contributed by atoms with Crippen LogP contribution in [0, 0.1) is 0 Å². The molecule has 1 aromatic heterocycles. The van der Waals surface area contributed by atoms with Gasteiger partial charge >= 0.3 is 0 Å². The normalized spacial score (nSPS) is 21.2. The van der Waals surface area contributed by atoms with Crippen LogP contribution in [0.4, 0.5) is 0 Å². The molecule has 1 fully saturated rings. The first-order valence-corrected chi connectivity index (χ1v) is 10.2. The zero-order valence-electron chi connectivity index (χ0n) is 16.6. The van der Waals surface area contributed by atoms with E-state index in [9.17, 15) is 9.59 Å². The predicted molar refractivity (Wildman–Crippen MR) is 108 cm³/mol. The smallest absolute Gasteiger partial charge is 0.255 e. The number of aromatic amines is 1. The lowest BCUT2D eigenvalue weighted by Crippen LogP contribution is -2.42. The van der Waals surface area contributed by atoms with Gasteiger partial charge in [0.15, 0.2) is 0 Å². The van der Waals surface area contributed by atoms with Crippen LogP contribution in [-0.2, 0) is 17.8 Å². The maximum atomic E-state index is 13.0. The highest BCUT2D eigenvalue weighted by molar-refractivity contribution is 5.83. The molecule has 1 N–H and O–H groups in total. The van der Waals surface area contributed by atoms with Gasteiger partial charge in [-0.25, -0.2) is 4.98 Å². The number of nitrogens with zero attached hydrogens (tertiary/aromatic N) is 3. The van der Waals surface area contributed by atoms with Gasteiger partial charge < -0.3 is 14.8 Å². The van der Waals surface area contributed by atoms with Crippen molar-refractivity contribution in [2.24, 2.45) is 0 Å². The molecule has 6 heteroatoms. The molecule has 0 radical (unpaired) electrons. The summed E-state index contributed by atoms with van der Waals surface area (Å²) in [5, 5.41) is 0. The number of likely N-dealkylation sites (tertiary alicyclic amines) is 1. The summed E-state index contributed by atoms with van der Waals surface area (Å²) in [6.07, 6.45) is 2.69. The molecular formula is C22H28N4O2. The second-order valence-electron chi connectivity index (χ2n) is 8.12. The molecule has 6 nitrogen and oxygen atoms in total. The van der Waals surface area contributed by atoms with Gasteiger partial charge in [0, 0.05) is 38.5 Å². The van der Waals surface area contributed by atoms with E-state index in [2.05, 4.69) is 9.88 Å². The van der Waals surface area contributed by atoms with Crippen LogP contribution in [0.5, 0.6) is 0 Å². The number of benzene rings is 1. The Bertz CT molecular complexity index is 908. The van der Waals surface area contributed by atoms with E-state index in [-0.39, 0.29) is 23.3 Å². The minimum absolute atomic E-state index is 0.0207. The maximum Gasteiger partial charge on any atom is 0.255 e. The van der Waals surface area contributed by atoms with E-state index in [1.165, 1.54) is 0 Å². The number of likely N-dealkylation sites (N-methyl/N-ethyl adjacent to an activating group) is 1. The Balaban J connectivity index is 1.52. The van der Waals surface area contributed by atoms with Crippen molar-refractivity contribution < 1.29 is 4.79 Å². The standard InChI is InChI=1S/C22H28N4O2/c1-15(16-7-4-3-5-8-16)22(28)26-11-6-9-17(13-26)20-23-19-10-12-25(2)14-18(19)21(27)24-20/h3-5,7-8,15,17H,6,9-14H2,1-2H3,(H,23,24,27)/t15-,17+/m0/s1. The van der Waals surface area contributed by atoms with Crippen LogP contribution in [0.2, 0.25) is 0 Å². The van der Waals surface area contributed by atoms with Crippen molar-refractivity contribution in [3.05, 3.63) is 63.3 Å². The summed E-state index contributed by atoms with van der Waals surface area (Å²) >= 11 is 0. The molecule has 0 spiro atoms. The molecule has 2 aliphatic heterocycles. The van der Waals surface area contributed by atoms with Crippen LogP contribution in [0.1, 0.15) is 54.2 Å². The molecule has 1 aromatic carbocycles. The number of carbonyl (C=O) groups is 1. The van der Waals surface area contributed by atoms with Crippen molar-refractivity contribution in [3.8, 4) is 0 Å². The van der Waals surface area contributed by atoms with E-state index in [0.29, 0.717) is 13.1 Å². The summed E-state index contributed by atoms with van der Waals surface area (Å²) in [6, 6.07) is 9.91. The van der Waals surface area contributed by atoms with Crippen molar-refractivity contribution in [1.82, 2.24) is 19.8 Å². The summed E-state index contributed by atoms with van der Waals surface area (Å²) < 4.78 is 0. The van der Waals surface area contributed by atoms with Crippen molar-refractivity contribution in [1.29, 1.82) is 0 Å². The number of hydrogen-bond acceptors (Lipinski definition) is 4. The summed E-state index contributed by atoms with van der Waals surface area (Å²) in [5.41, 5.74) is 2.74. The number of nitrogens with one attached hydrogen (secondary N) is 1. The van der Waals surface area contributed by atoms with E-state index < -0.39 is 0 Å². The molecule has 1 amide bonds. The third-order valence-corrected chi connectivity index (χ3v) is 6.07. The van der Waals surface area contributed by atoms with Gasteiger partial charge in [-0.05, 0) is 32.4 Å². The second-order valence-corrected chi connectivity index (χ2v) is 8.12. The van der Waals surface area contributed by atoms with E-state index >= 15 is 0 Å². The van der Waals surface area contributed by atoms with E-state index in [1.54, 1.807) is 0 Å². The lowest BCUT2D eigenvalue weighted by molar-refractivity contribution is -0.133. The fraction of sp³-hybridized carbons (Fsp3) is 0.500. The zero-order valence-corrected chi connectivity index (χ0v) is 16.6. The van der Waals surface area contributed by atoms with Gasteiger partial charge in [0.1, 0.15) is 5.82 Å². The number of piperidine rings is 1. The molecule has 0 bridgehead atoms. The van der Waals surface area contributed by atoms with E-state index in [4.69, 9.17) is 4.98 Å². The van der Waals surface area contributed by atoms with Crippen LogP contribution in [0.25, 0.3) is 0 Å². The largest absolute Gasteiger partial charge is 0.341 e. The van der Waals surface area contributed by atoms with Gasteiger partial charge in [-0.3, -0.25) is 9.59 Å². The van der Waals surface area contributed by atoms with Crippen molar-refractivity contribution in [2.75, 3.05) is 26.7 Å². The minimum Gasteiger partial charge on any atom is -0.341 e. The first-order valence-electron chi connectivity index (χ1n) is 10.2. The molecule has 0 saturated carbocycles. The molecule has 2 aromatic rings. The zero-order chi connectivity index (χ0) is 19.7. The number of H-pyrrole nitrogens is 1. The Hall–Kier alpha value is -2.47. The lowest BCUT2D eigenvalue weighted by atomic mass is 9.93. The van der Waals surface area contributed by atoms with Crippen molar-refractivity contribution in [2.45, 2.75) is 44.6 Å². The lowest BCUT2D eigenvalue weighted by Gasteiger charge is -2.34. The Morgan fingerprint density at radius 2 is 2.04 bits per heavy atom.